The fourth-order valence-corrected chi connectivity index (χ4v) is 2.74. The first-order valence-corrected chi connectivity index (χ1v) is 7.01. The predicted octanol–water partition coefficient (Wildman–Crippen LogP) is 4.50. The van der Waals surface area contributed by atoms with E-state index in [2.05, 4.69) is 9.97 Å². The van der Waals surface area contributed by atoms with Crippen LogP contribution < -0.4 is 0 Å². The number of aromatic nitrogens is 2. The van der Waals surface area contributed by atoms with Gasteiger partial charge < -0.3 is 5.11 Å². The van der Waals surface area contributed by atoms with Crippen LogP contribution in [-0.4, -0.2) is 15.1 Å². The number of aryl methyl sites for hydroxylation is 1. The van der Waals surface area contributed by atoms with Gasteiger partial charge >= 0.3 is 0 Å². The van der Waals surface area contributed by atoms with Gasteiger partial charge in [0.15, 0.2) is 5.82 Å². The highest BCUT2D eigenvalue weighted by Gasteiger charge is 2.22. The van der Waals surface area contributed by atoms with E-state index in [1.165, 1.54) is 24.5 Å². The van der Waals surface area contributed by atoms with Crippen LogP contribution in [0, 0.1) is 11.6 Å². The number of nitrogens with zero attached hydrogens (tertiary/aromatic N) is 2. The van der Waals surface area contributed by atoms with Gasteiger partial charge in [-0.3, -0.25) is 0 Å². The summed E-state index contributed by atoms with van der Waals surface area (Å²) in [5.74, 6) is -1.92. The van der Waals surface area contributed by atoms with Gasteiger partial charge in [0.1, 0.15) is 23.4 Å². The second-order valence-electron chi connectivity index (χ2n) is 4.75. The first-order chi connectivity index (χ1) is 10.5. The van der Waals surface area contributed by atoms with Crippen molar-refractivity contribution in [2.45, 2.75) is 13.3 Å². The minimum Gasteiger partial charge on any atom is -0.507 e. The Balaban J connectivity index is 2.42. The van der Waals surface area contributed by atoms with Gasteiger partial charge in [-0.2, -0.15) is 0 Å². The SMILES string of the molecule is CCc1ncnc2c(F)c(-c3c(O)cccc3F)c(Cl)cc12. The lowest BCUT2D eigenvalue weighted by molar-refractivity contribution is 0.471. The van der Waals surface area contributed by atoms with Gasteiger partial charge in [0.05, 0.1) is 16.3 Å². The van der Waals surface area contributed by atoms with E-state index in [1.807, 2.05) is 6.92 Å². The van der Waals surface area contributed by atoms with Gasteiger partial charge in [0.25, 0.3) is 0 Å². The molecule has 0 radical (unpaired) electrons. The first kappa shape index (κ1) is 14.7. The third kappa shape index (κ3) is 2.18. The van der Waals surface area contributed by atoms with Crippen LogP contribution in [0.2, 0.25) is 5.02 Å². The number of phenolic OH excluding ortho intramolecular Hbond substituents is 1. The number of hydrogen-bond acceptors (Lipinski definition) is 3. The Morgan fingerprint density at radius 1 is 1.18 bits per heavy atom. The average Bonchev–Trinajstić information content (AvgIpc) is 2.49. The van der Waals surface area contributed by atoms with Crippen molar-refractivity contribution in [1.29, 1.82) is 0 Å². The molecule has 0 bridgehead atoms. The Kier molecular flexibility index (Phi) is 3.66. The Hall–Kier alpha value is -2.27. The Labute approximate surface area is 130 Å². The Morgan fingerprint density at radius 3 is 2.64 bits per heavy atom. The van der Waals surface area contributed by atoms with E-state index in [4.69, 9.17) is 11.6 Å². The van der Waals surface area contributed by atoms with Crippen molar-refractivity contribution in [1.82, 2.24) is 9.97 Å². The molecule has 2 aromatic carbocycles. The van der Waals surface area contributed by atoms with E-state index in [0.717, 1.165) is 6.07 Å². The molecule has 3 aromatic rings. The third-order valence-corrected chi connectivity index (χ3v) is 3.78. The molecule has 0 aliphatic carbocycles. The highest BCUT2D eigenvalue weighted by atomic mass is 35.5. The molecule has 0 aliphatic heterocycles. The first-order valence-electron chi connectivity index (χ1n) is 6.64. The average molecular weight is 321 g/mol. The molecular weight excluding hydrogens is 310 g/mol. The zero-order valence-electron chi connectivity index (χ0n) is 11.6. The third-order valence-electron chi connectivity index (χ3n) is 3.48. The summed E-state index contributed by atoms with van der Waals surface area (Å²) in [5.41, 5.74) is 0.220. The van der Waals surface area contributed by atoms with E-state index in [0.29, 0.717) is 17.5 Å². The number of hydrogen-bond donors (Lipinski definition) is 1. The van der Waals surface area contributed by atoms with E-state index in [1.54, 1.807) is 0 Å². The molecule has 0 spiro atoms. The van der Waals surface area contributed by atoms with Gasteiger partial charge in [0.2, 0.25) is 0 Å². The van der Waals surface area contributed by atoms with Crippen LogP contribution >= 0.6 is 11.6 Å². The van der Waals surface area contributed by atoms with Crippen LogP contribution in [-0.2, 0) is 6.42 Å². The lowest BCUT2D eigenvalue weighted by Crippen LogP contribution is -1.98. The molecule has 0 unspecified atom stereocenters. The van der Waals surface area contributed by atoms with Gasteiger partial charge in [0, 0.05) is 10.9 Å². The number of phenols is 1. The lowest BCUT2D eigenvalue weighted by atomic mass is 10.00. The number of rotatable bonds is 2. The van der Waals surface area contributed by atoms with Crippen LogP contribution in [0.5, 0.6) is 5.75 Å². The van der Waals surface area contributed by atoms with Crippen molar-refractivity contribution in [3.63, 3.8) is 0 Å². The molecule has 1 aromatic heterocycles. The smallest absolute Gasteiger partial charge is 0.159 e. The maximum atomic E-state index is 14.8. The molecule has 3 rings (SSSR count). The normalized spacial score (nSPS) is 11.1. The van der Waals surface area contributed by atoms with Crippen molar-refractivity contribution in [2.75, 3.05) is 0 Å². The van der Waals surface area contributed by atoms with Crippen LogP contribution in [0.4, 0.5) is 8.78 Å². The molecule has 1 heterocycles. The van der Waals surface area contributed by atoms with Crippen molar-refractivity contribution in [2.24, 2.45) is 0 Å². The summed E-state index contributed by atoms with van der Waals surface area (Å²) >= 11 is 6.14. The minimum absolute atomic E-state index is 0.00472. The van der Waals surface area contributed by atoms with E-state index < -0.39 is 11.6 Å². The molecule has 0 aliphatic rings. The van der Waals surface area contributed by atoms with E-state index in [9.17, 15) is 13.9 Å². The van der Waals surface area contributed by atoms with E-state index in [-0.39, 0.29) is 27.4 Å². The predicted molar refractivity (Wildman–Crippen MR) is 80.9 cm³/mol. The standard InChI is InChI=1S/C16H11ClF2N2O/c1-2-11-8-6-9(17)13(15(19)16(8)21-7-20-11)14-10(18)4-3-5-12(14)22/h3-7,22H,2H2,1H3. The van der Waals surface area contributed by atoms with Gasteiger partial charge in [-0.25, -0.2) is 18.7 Å². The molecule has 6 heteroatoms. The second kappa shape index (κ2) is 5.50. The summed E-state index contributed by atoms with van der Waals surface area (Å²) in [6.45, 7) is 1.88. The highest BCUT2D eigenvalue weighted by molar-refractivity contribution is 6.34. The molecule has 3 nitrogen and oxygen atoms in total. The summed E-state index contributed by atoms with van der Waals surface area (Å²) in [5, 5.41) is 10.3. The van der Waals surface area contributed by atoms with Gasteiger partial charge in [-0.05, 0) is 24.6 Å². The largest absolute Gasteiger partial charge is 0.507 e. The summed E-state index contributed by atoms with van der Waals surface area (Å²) in [7, 11) is 0. The number of fused-ring (bicyclic) bond motifs is 1. The van der Waals surface area contributed by atoms with Crippen LogP contribution in [0.3, 0.4) is 0 Å². The molecular formula is C16H11ClF2N2O. The quantitative estimate of drug-likeness (QED) is 0.756. The molecule has 0 saturated heterocycles. The molecule has 22 heavy (non-hydrogen) atoms. The molecule has 0 atom stereocenters. The summed E-state index contributed by atoms with van der Waals surface area (Å²) < 4.78 is 28.9. The summed E-state index contributed by atoms with van der Waals surface area (Å²) in [6, 6.07) is 5.24. The van der Waals surface area contributed by atoms with Crippen LogP contribution in [0.25, 0.3) is 22.0 Å². The highest BCUT2D eigenvalue weighted by Crippen LogP contribution is 2.40. The van der Waals surface area contributed by atoms with Crippen molar-refractivity contribution in [3.05, 3.63) is 52.9 Å². The number of benzene rings is 2. The molecule has 112 valence electrons. The van der Waals surface area contributed by atoms with Crippen LogP contribution in [0.1, 0.15) is 12.6 Å². The van der Waals surface area contributed by atoms with Gasteiger partial charge in [-0.1, -0.05) is 24.6 Å². The summed E-state index contributed by atoms with van der Waals surface area (Å²) in [6.07, 6.45) is 1.84. The molecule has 0 fully saturated rings. The zero-order valence-corrected chi connectivity index (χ0v) is 12.3. The second-order valence-corrected chi connectivity index (χ2v) is 5.16. The van der Waals surface area contributed by atoms with Crippen LogP contribution in [0.15, 0.2) is 30.6 Å². The molecule has 0 saturated carbocycles. The fraction of sp³-hybridized carbons (Fsp3) is 0.125. The fourth-order valence-electron chi connectivity index (χ4n) is 2.45. The monoisotopic (exact) mass is 320 g/mol. The van der Waals surface area contributed by atoms with Crippen molar-refractivity contribution >= 4 is 22.5 Å². The number of halogens is 3. The number of aromatic hydroxyl groups is 1. The van der Waals surface area contributed by atoms with Crippen molar-refractivity contribution in [3.8, 4) is 16.9 Å². The Morgan fingerprint density at radius 2 is 1.95 bits per heavy atom. The maximum Gasteiger partial charge on any atom is 0.159 e. The topological polar surface area (TPSA) is 46.0 Å². The summed E-state index contributed by atoms with van der Waals surface area (Å²) in [4.78, 5) is 8.01. The maximum absolute atomic E-state index is 14.8. The van der Waals surface area contributed by atoms with Crippen molar-refractivity contribution < 1.29 is 13.9 Å². The van der Waals surface area contributed by atoms with Gasteiger partial charge in [-0.15, -0.1) is 0 Å². The zero-order chi connectivity index (χ0) is 15.9. The van der Waals surface area contributed by atoms with E-state index >= 15 is 0 Å². The molecule has 1 N–H and O–H groups in total. The lowest BCUT2D eigenvalue weighted by Gasteiger charge is -2.12. The Bertz CT molecular complexity index is 863. The minimum atomic E-state index is -0.778. The molecule has 0 amide bonds.